The van der Waals surface area contributed by atoms with Gasteiger partial charge in [-0.05, 0) is 41.3 Å². The lowest BCUT2D eigenvalue weighted by Crippen LogP contribution is -2.49. The molecule has 0 N–H and O–H groups in total. The lowest BCUT2D eigenvalue weighted by Gasteiger charge is -2.37. The lowest BCUT2D eigenvalue weighted by atomic mass is 9.75. The van der Waals surface area contributed by atoms with Crippen LogP contribution in [0.1, 0.15) is 16.9 Å². The molecule has 3 heterocycles. The van der Waals surface area contributed by atoms with Gasteiger partial charge in [0.2, 0.25) is 0 Å². The minimum atomic E-state index is -4.58. The van der Waals surface area contributed by atoms with Crippen molar-refractivity contribution in [2.45, 2.75) is 18.0 Å². The molecule has 0 saturated carbocycles. The first kappa shape index (κ1) is 18.5. The van der Waals surface area contributed by atoms with Crippen LogP contribution in [0.25, 0.3) is 10.1 Å². The third-order valence-electron chi connectivity index (χ3n) is 4.52. The summed E-state index contributed by atoms with van der Waals surface area (Å²) in [5.41, 5.74) is -2.09. The maximum Gasteiger partial charge on any atom is 0.402 e. The van der Waals surface area contributed by atoms with Crippen LogP contribution in [0.2, 0.25) is 10.0 Å². The molecule has 4 rings (SSSR count). The van der Waals surface area contributed by atoms with Crippen LogP contribution < -0.4 is 0 Å². The fourth-order valence-electron chi connectivity index (χ4n) is 3.11. The summed E-state index contributed by atoms with van der Waals surface area (Å²) in [6.07, 6.45) is -1.65. The lowest BCUT2D eigenvalue weighted by molar-refractivity contribution is -0.207. The number of thiophene rings is 1. The molecule has 0 bridgehead atoms. The highest BCUT2D eigenvalue weighted by Gasteiger charge is 2.59. The van der Waals surface area contributed by atoms with E-state index in [1.165, 1.54) is 29.5 Å². The summed E-state index contributed by atoms with van der Waals surface area (Å²) in [6.45, 7) is -0.636. The van der Waals surface area contributed by atoms with Gasteiger partial charge in [-0.1, -0.05) is 28.4 Å². The molecule has 0 spiro atoms. The highest BCUT2D eigenvalue weighted by Crippen LogP contribution is 2.48. The SMILES string of the molecule is FC(F)(F)C1(c2cc(Cl)cc(Cl)c2)CON=C(c2cc3ccncc3s2)C1. The molecular weight excluding hydrogens is 420 g/mol. The van der Waals surface area contributed by atoms with Gasteiger partial charge in [0.05, 0.1) is 15.3 Å². The van der Waals surface area contributed by atoms with Crippen LogP contribution in [0.5, 0.6) is 0 Å². The van der Waals surface area contributed by atoms with E-state index in [2.05, 4.69) is 10.1 Å². The summed E-state index contributed by atoms with van der Waals surface area (Å²) < 4.78 is 43.5. The molecule has 3 nitrogen and oxygen atoms in total. The Balaban J connectivity index is 1.81. The summed E-state index contributed by atoms with van der Waals surface area (Å²) >= 11 is 13.2. The molecule has 1 unspecified atom stereocenters. The van der Waals surface area contributed by atoms with Gasteiger partial charge in [-0.15, -0.1) is 11.3 Å². The monoisotopic (exact) mass is 430 g/mol. The summed E-state index contributed by atoms with van der Waals surface area (Å²) in [5, 5.41) is 5.08. The van der Waals surface area contributed by atoms with E-state index in [1.54, 1.807) is 24.5 Å². The molecule has 1 aliphatic rings. The van der Waals surface area contributed by atoms with E-state index in [0.29, 0.717) is 4.88 Å². The van der Waals surface area contributed by atoms with Gasteiger partial charge in [-0.3, -0.25) is 4.98 Å². The van der Waals surface area contributed by atoms with Crippen molar-refractivity contribution in [3.05, 3.63) is 63.2 Å². The Morgan fingerprint density at radius 1 is 1.11 bits per heavy atom. The average molecular weight is 431 g/mol. The molecule has 0 aliphatic carbocycles. The van der Waals surface area contributed by atoms with Crippen LogP contribution in [0.4, 0.5) is 13.2 Å². The number of hydrogen-bond donors (Lipinski definition) is 0. The number of nitrogens with zero attached hydrogens (tertiary/aromatic N) is 2. The molecule has 3 aromatic rings. The highest BCUT2D eigenvalue weighted by atomic mass is 35.5. The molecule has 140 valence electrons. The first-order valence-corrected chi connectivity index (χ1v) is 9.42. The van der Waals surface area contributed by atoms with Crippen molar-refractivity contribution < 1.29 is 18.0 Å². The highest BCUT2D eigenvalue weighted by molar-refractivity contribution is 7.20. The fraction of sp³-hybridized carbons (Fsp3) is 0.222. The number of hydrogen-bond acceptors (Lipinski definition) is 4. The van der Waals surface area contributed by atoms with Crippen molar-refractivity contribution in [2.75, 3.05) is 6.61 Å². The zero-order valence-electron chi connectivity index (χ0n) is 13.6. The van der Waals surface area contributed by atoms with Crippen LogP contribution in [0.3, 0.4) is 0 Å². The predicted octanol–water partition coefficient (Wildman–Crippen LogP) is 6.23. The van der Waals surface area contributed by atoms with Gasteiger partial charge in [0.15, 0.2) is 0 Å². The van der Waals surface area contributed by atoms with E-state index >= 15 is 0 Å². The topological polar surface area (TPSA) is 34.5 Å². The number of rotatable bonds is 2. The minimum absolute atomic E-state index is 0.0392. The zero-order valence-corrected chi connectivity index (χ0v) is 15.9. The third-order valence-corrected chi connectivity index (χ3v) is 6.09. The van der Waals surface area contributed by atoms with Crippen LogP contribution in [-0.4, -0.2) is 23.5 Å². The van der Waals surface area contributed by atoms with Crippen LogP contribution in [0.15, 0.2) is 47.9 Å². The van der Waals surface area contributed by atoms with E-state index in [1.807, 2.05) is 0 Å². The summed E-state index contributed by atoms with van der Waals surface area (Å²) in [5.74, 6) is 0. The quantitative estimate of drug-likeness (QED) is 0.482. The first-order valence-electron chi connectivity index (χ1n) is 7.85. The van der Waals surface area contributed by atoms with Crippen molar-refractivity contribution in [3.63, 3.8) is 0 Å². The van der Waals surface area contributed by atoms with E-state index < -0.39 is 18.2 Å². The summed E-state index contributed by atoms with van der Waals surface area (Å²) in [7, 11) is 0. The van der Waals surface area contributed by atoms with E-state index in [4.69, 9.17) is 28.0 Å². The predicted molar refractivity (Wildman–Crippen MR) is 101 cm³/mol. The number of oxime groups is 1. The number of fused-ring (bicyclic) bond motifs is 1. The Morgan fingerprint density at radius 3 is 2.52 bits per heavy atom. The first-order chi connectivity index (χ1) is 12.8. The van der Waals surface area contributed by atoms with Crippen molar-refractivity contribution >= 4 is 50.3 Å². The van der Waals surface area contributed by atoms with Gasteiger partial charge in [0.25, 0.3) is 0 Å². The van der Waals surface area contributed by atoms with Gasteiger partial charge in [-0.2, -0.15) is 13.2 Å². The maximum absolute atomic E-state index is 14.2. The van der Waals surface area contributed by atoms with Gasteiger partial charge >= 0.3 is 6.18 Å². The fourth-order valence-corrected chi connectivity index (χ4v) is 4.64. The molecule has 1 atom stereocenters. The molecule has 1 aliphatic heterocycles. The number of pyridine rings is 1. The second-order valence-corrected chi connectivity index (χ2v) is 8.21. The largest absolute Gasteiger partial charge is 0.402 e. The Hall–Kier alpha value is -1.83. The van der Waals surface area contributed by atoms with Crippen LogP contribution >= 0.6 is 34.5 Å². The standard InChI is InChI=1S/C18H11Cl2F3N2OS/c19-12-4-11(5-13(20)6-12)17(18(21,22)23)7-14(25-26-9-17)15-3-10-1-2-24-8-16(10)27-15/h1-6,8H,7,9H2. The Morgan fingerprint density at radius 2 is 1.85 bits per heavy atom. The molecule has 27 heavy (non-hydrogen) atoms. The maximum atomic E-state index is 14.2. The van der Waals surface area contributed by atoms with Gasteiger partial charge < -0.3 is 4.84 Å². The van der Waals surface area contributed by atoms with Gasteiger partial charge in [0.1, 0.15) is 12.0 Å². The molecular formula is C18H11Cl2F3N2OS. The molecule has 9 heteroatoms. The van der Waals surface area contributed by atoms with Crippen molar-refractivity contribution in [1.82, 2.24) is 4.98 Å². The van der Waals surface area contributed by atoms with Crippen molar-refractivity contribution in [1.29, 1.82) is 0 Å². The van der Waals surface area contributed by atoms with E-state index in [9.17, 15) is 13.2 Å². The summed E-state index contributed by atoms with van der Waals surface area (Å²) in [4.78, 5) is 9.73. The van der Waals surface area contributed by atoms with Gasteiger partial charge in [-0.25, -0.2) is 0 Å². The second-order valence-electron chi connectivity index (χ2n) is 6.25. The smallest absolute Gasteiger partial charge is 0.394 e. The third kappa shape index (κ3) is 3.28. The number of aromatic nitrogens is 1. The minimum Gasteiger partial charge on any atom is -0.394 e. The molecule has 2 aromatic heterocycles. The molecule has 0 saturated heterocycles. The normalized spacial score (nSPS) is 20.4. The Labute approximate surface area is 166 Å². The Kier molecular flexibility index (Phi) is 4.56. The Bertz CT molecular complexity index is 997. The van der Waals surface area contributed by atoms with Crippen molar-refractivity contribution in [2.24, 2.45) is 5.16 Å². The van der Waals surface area contributed by atoms with Crippen molar-refractivity contribution in [3.8, 4) is 0 Å². The van der Waals surface area contributed by atoms with Gasteiger partial charge in [0, 0.05) is 28.9 Å². The molecule has 1 aromatic carbocycles. The van der Waals surface area contributed by atoms with Crippen LogP contribution in [0, 0.1) is 0 Å². The number of alkyl halides is 3. The second kappa shape index (κ2) is 6.65. The molecule has 0 amide bonds. The number of halogens is 5. The molecule has 0 radical (unpaired) electrons. The zero-order chi connectivity index (χ0) is 19.2. The summed E-state index contributed by atoms with van der Waals surface area (Å²) in [6, 6.07) is 7.55. The van der Waals surface area contributed by atoms with Crippen LogP contribution in [-0.2, 0) is 10.3 Å². The van der Waals surface area contributed by atoms with E-state index in [0.717, 1.165) is 10.1 Å². The van der Waals surface area contributed by atoms with E-state index in [-0.39, 0.29) is 27.7 Å². The molecule has 0 fully saturated rings. The number of benzene rings is 1. The average Bonchev–Trinajstić information content (AvgIpc) is 3.04.